The number of hydrogen-bond donors (Lipinski definition) is 3. The van der Waals surface area contributed by atoms with E-state index >= 15 is 4.39 Å². The number of carbonyl (C=O) groups excluding carboxylic acids is 4. The lowest BCUT2D eigenvalue weighted by atomic mass is 9.45. The summed E-state index contributed by atoms with van der Waals surface area (Å²) >= 11 is 0.387. The molecule has 0 heterocycles. The van der Waals surface area contributed by atoms with Crippen LogP contribution in [0.3, 0.4) is 0 Å². The highest BCUT2D eigenvalue weighted by Crippen LogP contribution is 2.70. The Kier molecular flexibility index (Phi) is 8.11. The summed E-state index contributed by atoms with van der Waals surface area (Å²) < 4.78 is 43.0. The second-order valence-corrected chi connectivity index (χ2v) is 14.1. The largest absolute Gasteiger partial charge is 0.507 e. The number of benzene rings is 2. The van der Waals surface area contributed by atoms with Crippen molar-refractivity contribution < 1.29 is 47.6 Å². The molecular formula is C35H35F2NO8S. The molecule has 0 bridgehead atoms. The molecule has 0 spiro atoms. The normalized spacial score (nSPS) is 34.0. The summed E-state index contributed by atoms with van der Waals surface area (Å²) in [4.78, 5) is 51.1. The van der Waals surface area contributed by atoms with Crippen molar-refractivity contribution in [1.82, 2.24) is 0 Å². The van der Waals surface area contributed by atoms with E-state index in [1.165, 1.54) is 54.6 Å². The Hall–Kier alpha value is -4.03. The Morgan fingerprint density at radius 2 is 1.77 bits per heavy atom. The Bertz CT molecular complexity index is 1730. The van der Waals surface area contributed by atoms with Gasteiger partial charge in [-0.1, -0.05) is 18.6 Å². The molecule has 0 aromatic heterocycles. The monoisotopic (exact) mass is 667 g/mol. The number of ether oxygens (including phenoxy) is 2. The standard InChI is InChI=1S/C35H35F2NO8S/c1-32-13-11-21(39)15-20(32)5-9-26-25-12-14-34(31(44)47-18-36,33(25,2)17-28(41)35(26,32)37)46-30(43)19-3-6-22(7-4-19)45-23-8-10-27(40)24(16-23)29(38)42/h3-4,6-8,10-11,13,15-16,25-26,28,40-41H,5,9,12,14,17-18H2,1-2H3,(H2,38,42)/t25-,26-,28-,32-,33-,34-,35-/m0/s1. The van der Waals surface area contributed by atoms with Crippen molar-refractivity contribution >= 4 is 34.5 Å². The Morgan fingerprint density at radius 3 is 2.45 bits per heavy atom. The van der Waals surface area contributed by atoms with Crippen molar-refractivity contribution in [3.05, 3.63) is 77.4 Å². The number of carbonyl (C=O) groups is 4. The number of alkyl halides is 2. The molecule has 0 unspecified atom stereocenters. The van der Waals surface area contributed by atoms with Crippen LogP contribution in [0.2, 0.25) is 0 Å². The SMILES string of the molecule is C[C@]12C=CC(=O)C=C1CC[C@H]1[C@@H]3CC[C@](OC(=O)c4ccc(Oc5ccc(O)c(C(N)=O)c5)cc4)(C(=O)SCF)[C@@]3(C)C[C@H](O)[C@@]12F. The van der Waals surface area contributed by atoms with Gasteiger partial charge in [-0.05, 0) is 111 Å². The van der Waals surface area contributed by atoms with Crippen LogP contribution in [-0.2, 0) is 14.3 Å². The minimum absolute atomic E-state index is 0.0308. The number of allylic oxidation sites excluding steroid dienone is 4. The van der Waals surface area contributed by atoms with Crippen LogP contribution in [0.5, 0.6) is 17.2 Å². The molecular weight excluding hydrogens is 632 g/mol. The van der Waals surface area contributed by atoms with Crippen LogP contribution in [0.25, 0.3) is 0 Å². The van der Waals surface area contributed by atoms with Crippen LogP contribution in [0.15, 0.2) is 66.3 Å². The third-order valence-electron chi connectivity index (χ3n) is 11.1. The van der Waals surface area contributed by atoms with Gasteiger partial charge in [0.05, 0.1) is 17.2 Å². The fourth-order valence-electron chi connectivity index (χ4n) is 8.70. The molecule has 4 aliphatic rings. The van der Waals surface area contributed by atoms with E-state index in [2.05, 4.69) is 0 Å². The van der Waals surface area contributed by atoms with Gasteiger partial charge in [-0.25, -0.2) is 13.6 Å². The minimum atomic E-state index is -2.14. The van der Waals surface area contributed by atoms with Gasteiger partial charge in [0.15, 0.2) is 17.1 Å². The number of halogens is 2. The van der Waals surface area contributed by atoms with Gasteiger partial charge < -0.3 is 25.4 Å². The summed E-state index contributed by atoms with van der Waals surface area (Å²) in [6.07, 6.45) is 3.65. The summed E-state index contributed by atoms with van der Waals surface area (Å²) in [6, 6.07) is 8.67. The van der Waals surface area contributed by atoms with Crippen LogP contribution < -0.4 is 10.5 Å². The van der Waals surface area contributed by atoms with Crippen molar-refractivity contribution in [2.75, 3.05) is 6.01 Å². The molecule has 2 aromatic carbocycles. The van der Waals surface area contributed by atoms with E-state index in [0.29, 0.717) is 36.6 Å². The van der Waals surface area contributed by atoms with Crippen LogP contribution in [0.4, 0.5) is 8.78 Å². The van der Waals surface area contributed by atoms with Gasteiger partial charge in [0.1, 0.15) is 23.3 Å². The van der Waals surface area contributed by atoms with Gasteiger partial charge in [0.25, 0.3) is 5.91 Å². The molecule has 248 valence electrons. The number of ketones is 1. The number of aliphatic hydroxyl groups is 1. The van der Waals surface area contributed by atoms with Crippen LogP contribution in [-0.4, -0.2) is 56.4 Å². The quantitative estimate of drug-likeness (QED) is 0.314. The number of primary amides is 1. The first-order chi connectivity index (χ1) is 22.2. The first-order valence-electron chi connectivity index (χ1n) is 15.4. The molecule has 2 aromatic rings. The first kappa shape index (κ1) is 32.9. The maximum Gasteiger partial charge on any atom is 0.339 e. The fourth-order valence-corrected chi connectivity index (χ4v) is 9.41. The Balaban J connectivity index is 1.28. The zero-order valence-electron chi connectivity index (χ0n) is 25.8. The molecule has 6 rings (SSSR count). The molecule has 0 radical (unpaired) electrons. The highest BCUT2D eigenvalue weighted by atomic mass is 32.2. The third kappa shape index (κ3) is 4.90. The van der Waals surface area contributed by atoms with Crippen LogP contribution in [0, 0.1) is 22.7 Å². The van der Waals surface area contributed by atoms with Crippen molar-refractivity contribution in [2.45, 2.75) is 63.3 Å². The van der Waals surface area contributed by atoms with Gasteiger partial charge >= 0.3 is 5.97 Å². The molecule has 3 saturated carbocycles. The Morgan fingerprint density at radius 1 is 1.06 bits per heavy atom. The van der Waals surface area contributed by atoms with Gasteiger partial charge in [-0.3, -0.25) is 14.4 Å². The first-order valence-corrected chi connectivity index (χ1v) is 16.4. The van der Waals surface area contributed by atoms with E-state index in [9.17, 15) is 33.8 Å². The Labute approximate surface area is 274 Å². The van der Waals surface area contributed by atoms with Gasteiger partial charge in [0.2, 0.25) is 5.12 Å². The van der Waals surface area contributed by atoms with E-state index in [1.807, 2.05) is 0 Å². The number of rotatable bonds is 7. The lowest BCUT2D eigenvalue weighted by molar-refractivity contribution is -0.214. The molecule has 12 heteroatoms. The van der Waals surface area contributed by atoms with Gasteiger partial charge in [0, 0.05) is 16.7 Å². The molecule has 4 aliphatic carbocycles. The summed E-state index contributed by atoms with van der Waals surface area (Å²) in [5.41, 5.74) is -0.577. The number of esters is 1. The lowest BCUT2D eigenvalue weighted by Gasteiger charge is -2.62. The number of fused-ring (bicyclic) bond motifs is 5. The number of hydrogen-bond acceptors (Lipinski definition) is 9. The van der Waals surface area contributed by atoms with Crippen molar-refractivity contribution in [2.24, 2.45) is 28.4 Å². The average Bonchev–Trinajstić information content (AvgIpc) is 3.31. The third-order valence-corrected chi connectivity index (χ3v) is 11.8. The van der Waals surface area contributed by atoms with Crippen molar-refractivity contribution in [3.8, 4) is 17.2 Å². The molecule has 1 amide bonds. The lowest BCUT2D eigenvalue weighted by Crippen LogP contribution is -2.69. The predicted molar refractivity (Wildman–Crippen MR) is 168 cm³/mol. The van der Waals surface area contributed by atoms with E-state index < -0.39 is 63.0 Å². The van der Waals surface area contributed by atoms with Crippen molar-refractivity contribution in [3.63, 3.8) is 0 Å². The molecule has 7 atom stereocenters. The maximum atomic E-state index is 17.5. The summed E-state index contributed by atoms with van der Waals surface area (Å²) in [6.45, 7) is 3.41. The van der Waals surface area contributed by atoms with E-state index in [0.717, 1.165) is 0 Å². The van der Waals surface area contributed by atoms with Crippen LogP contribution >= 0.6 is 11.8 Å². The minimum Gasteiger partial charge on any atom is -0.507 e. The van der Waals surface area contributed by atoms with Gasteiger partial charge in [-0.15, -0.1) is 0 Å². The smallest absolute Gasteiger partial charge is 0.339 e. The second-order valence-electron chi connectivity index (χ2n) is 13.2. The molecule has 3 fully saturated rings. The van der Waals surface area contributed by atoms with E-state index in [4.69, 9.17) is 15.2 Å². The zero-order valence-corrected chi connectivity index (χ0v) is 26.7. The summed E-state index contributed by atoms with van der Waals surface area (Å²) in [5, 5.41) is 20.8. The number of aromatic hydroxyl groups is 1. The van der Waals surface area contributed by atoms with Crippen molar-refractivity contribution in [1.29, 1.82) is 0 Å². The molecule has 9 nitrogen and oxygen atoms in total. The number of nitrogens with two attached hydrogens (primary N) is 1. The number of thioether (sulfide) groups is 1. The highest BCUT2D eigenvalue weighted by molar-refractivity contribution is 8.13. The summed E-state index contributed by atoms with van der Waals surface area (Å²) in [5.74, 6) is -2.94. The topological polar surface area (TPSA) is 153 Å². The summed E-state index contributed by atoms with van der Waals surface area (Å²) in [7, 11) is 0. The molecule has 4 N–H and O–H groups in total. The molecule has 0 saturated heterocycles. The van der Waals surface area contributed by atoms with E-state index in [-0.39, 0.29) is 47.0 Å². The molecule has 0 aliphatic heterocycles. The second kappa shape index (κ2) is 11.6. The predicted octanol–water partition coefficient (Wildman–Crippen LogP) is 5.74. The molecule has 47 heavy (non-hydrogen) atoms. The maximum absolute atomic E-state index is 17.5. The zero-order chi connectivity index (χ0) is 33.9. The highest BCUT2D eigenvalue weighted by Gasteiger charge is 2.75. The van der Waals surface area contributed by atoms with E-state index in [1.54, 1.807) is 19.9 Å². The fraction of sp³-hybridized carbons (Fsp3) is 0.429. The average molecular weight is 668 g/mol. The van der Waals surface area contributed by atoms with Crippen LogP contribution in [0.1, 0.15) is 66.7 Å². The number of phenols is 1. The number of amides is 1. The van der Waals surface area contributed by atoms with Gasteiger partial charge in [-0.2, -0.15) is 0 Å². The number of aliphatic hydroxyl groups excluding tert-OH is 1.